The molecule has 9 nitrogen and oxygen atoms in total. The highest BCUT2D eigenvalue weighted by Crippen LogP contribution is 2.34. The van der Waals surface area contributed by atoms with Crippen LogP contribution in [0.1, 0.15) is 32.7 Å². The molecular weight excluding hydrogens is 533 g/mol. The maximum atomic E-state index is 13.9. The Labute approximate surface area is 236 Å². The van der Waals surface area contributed by atoms with Crippen LogP contribution in [0.15, 0.2) is 61.4 Å². The third kappa shape index (κ3) is 7.88. The van der Waals surface area contributed by atoms with E-state index in [1.54, 1.807) is 29.2 Å². The predicted octanol–water partition coefficient (Wildman–Crippen LogP) is 3.38. The quantitative estimate of drug-likeness (QED) is 0.368. The molecule has 0 unspecified atom stereocenters. The van der Waals surface area contributed by atoms with Gasteiger partial charge in [-0.2, -0.15) is 13.2 Å². The lowest BCUT2D eigenvalue weighted by Crippen LogP contribution is -2.44. The fourth-order valence-electron chi connectivity index (χ4n) is 4.21. The molecule has 0 radical (unpaired) electrons. The molecule has 4 aromatic rings. The number of anilines is 1. The van der Waals surface area contributed by atoms with Crippen molar-refractivity contribution in [1.82, 2.24) is 34.5 Å². The number of piperazine rings is 1. The summed E-state index contributed by atoms with van der Waals surface area (Å²) in [6.07, 6.45) is 4.87. The summed E-state index contributed by atoms with van der Waals surface area (Å²) in [4.78, 5) is 29.3. The van der Waals surface area contributed by atoms with Crippen molar-refractivity contribution in [2.45, 2.75) is 12.7 Å². The molecule has 41 heavy (non-hydrogen) atoms. The normalized spacial score (nSPS) is 14.1. The van der Waals surface area contributed by atoms with Crippen LogP contribution < -0.4 is 10.6 Å². The fraction of sp³-hybridized carbons (Fsp3) is 0.310. The van der Waals surface area contributed by atoms with Crippen LogP contribution in [0.5, 0.6) is 0 Å². The molecule has 214 valence electrons. The molecule has 1 aromatic carbocycles. The number of carbonyl (C=O) groups is 1. The lowest BCUT2D eigenvalue weighted by atomic mass is 10.0. The van der Waals surface area contributed by atoms with E-state index in [1.165, 1.54) is 30.6 Å². The number of nitrogens with zero attached hydrogens (tertiary/aromatic N) is 6. The van der Waals surface area contributed by atoms with Gasteiger partial charge in [0.15, 0.2) is 5.65 Å². The van der Waals surface area contributed by atoms with Gasteiger partial charge in [0.1, 0.15) is 5.69 Å². The Kier molecular flexibility index (Phi) is 9.67. The van der Waals surface area contributed by atoms with Crippen LogP contribution in [-0.2, 0) is 12.7 Å². The van der Waals surface area contributed by atoms with Crippen molar-refractivity contribution < 1.29 is 18.0 Å². The van der Waals surface area contributed by atoms with Crippen molar-refractivity contribution in [1.29, 1.82) is 0 Å². The Morgan fingerprint density at radius 2 is 1.76 bits per heavy atom. The van der Waals surface area contributed by atoms with Crippen molar-refractivity contribution in [3.63, 3.8) is 0 Å². The summed E-state index contributed by atoms with van der Waals surface area (Å²) in [5.41, 5.74) is 1.41. The number of imidazole rings is 1. The summed E-state index contributed by atoms with van der Waals surface area (Å²) >= 11 is 0. The number of likely N-dealkylation sites (N-methyl/N-ethyl adjacent to an activating group) is 1. The first-order valence-corrected chi connectivity index (χ1v) is 12.9. The number of halogens is 3. The Balaban J connectivity index is 0.00000124. The van der Waals surface area contributed by atoms with E-state index < -0.39 is 17.6 Å². The number of aromatic nitrogens is 4. The number of hydrogen-bond acceptors (Lipinski definition) is 7. The van der Waals surface area contributed by atoms with Gasteiger partial charge in [-0.05, 0) is 50.8 Å². The van der Waals surface area contributed by atoms with E-state index in [0.717, 1.165) is 19.2 Å². The average molecular weight is 565 g/mol. The second-order valence-electron chi connectivity index (χ2n) is 9.56. The van der Waals surface area contributed by atoms with Gasteiger partial charge in [0, 0.05) is 68.8 Å². The smallest absolute Gasteiger partial charge is 0.323 e. The lowest BCUT2D eigenvalue weighted by molar-refractivity contribution is -0.138. The Hall–Kier alpha value is -4.31. The molecule has 12 heteroatoms. The molecule has 5 rings (SSSR count). The van der Waals surface area contributed by atoms with E-state index in [1.807, 2.05) is 26.0 Å². The highest BCUT2D eigenvalue weighted by molar-refractivity contribution is 6.04. The maximum Gasteiger partial charge on any atom is 0.416 e. The topological polar surface area (TPSA) is 90.7 Å². The highest BCUT2D eigenvalue weighted by atomic mass is 19.4. The standard InChI is InChI=1S/C27H24F3N7O.C2H7N/c1-35-8-10-36(11-9-35)18-20-3-4-22(13-24(20)27(28,29)30)34-26(38)21-12-19(14-32-15-21)2-5-23-16-33-25-17-31-6-7-37(23)25;1-3-2/h3-4,6-7,12-17H,8-11,18H2,1H3,(H,34,38);3H,1-2H3. The predicted molar refractivity (Wildman–Crippen MR) is 150 cm³/mol. The zero-order valence-electron chi connectivity index (χ0n) is 23.0. The molecule has 1 aliphatic heterocycles. The van der Waals surface area contributed by atoms with Crippen LogP contribution in [0, 0.1) is 11.8 Å². The van der Waals surface area contributed by atoms with E-state index in [-0.39, 0.29) is 23.4 Å². The van der Waals surface area contributed by atoms with Gasteiger partial charge in [0.25, 0.3) is 5.91 Å². The number of fused-ring (bicyclic) bond motifs is 1. The second-order valence-corrected chi connectivity index (χ2v) is 9.56. The maximum absolute atomic E-state index is 13.9. The molecule has 4 heterocycles. The summed E-state index contributed by atoms with van der Waals surface area (Å²) in [6, 6.07) is 5.45. The number of benzene rings is 1. The summed E-state index contributed by atoms with van der Waals surface area (Å²) in [7, 11) is 5.74. The number of rotatable bonds is 4. The molecule has 1 saturated heterocycles. The molecule has 0 aliphatic carbocycles. The fourth-order valence-corrected chi connectivity index (χ4v) is 4.21. The van der Waals surface area contributed by atoms with E-state index >= 15 is 0 Å². The average Bonchev–Trinajstić information content (AvgIpc) is 3.37. The molecule has 0 atom stereocenters. The molecule has 0 bridgehead atoms. The number of pyridine rings is 1. The Morgan fingerprint density at radius 1 is 1.00 bits per heavy atom. The number of nitrogens with one attached hydrogen (secondary N) is 2. The summed E-state index contributed by atoms with van der Waals surface area (Å²) < 4.78 is 43.4. The van der Waals surface area contributed by atoms with Crippen LogP contribution in [0.2, 0.25) is 0 Å². The van der Waals surface area contributed by atoms with Crippen LogP contribution in [0.3, 0.4) is 0 Å². The number of amides is 1. The van der Waals surface area contributed by atoms with Gasteiger partial charge in [-0.3, -0.25) is 24.1 Å². The van der Waals surface area contributed by atoms with Crippen LogP contribution >= 0.6 is 0 Å². The Bertz CT molecular complexity index is 1550. The third-order valence-corrected chi connectivity index (χ3v) is 6.32. The van der Waals surface area contributed by atoms with Crippen molar-refractivity contribution >= 4 is 17.2 Å². The summed E-state index contributed by atoms with van der Waals surface area (Å²) in [5.74, 6) is 5.35. The first-order valence-electron chi connectivity index (χ1n) is 12.9. The minimum Gasteiger partial charge on any atom is -0.323 e. The van der Waals surface area contributed by atoms with E-state index in [9.17, 15) is 18.0 Å². The van der Waals surface area contributed by atoms with Crippen LogP contribution in [-0.4, -0.2) is 82.4 Å². The van der Waals surface area contributed by atoms with Gasteiger partial charge in [0.05, 0.1) is 23.5 Å². The van der Waals surface area contributed by atoms with Crippen molar-refractivity contribution in [3.05, 3.63) is 89.4 Å². The number of carbonyl (C=O) groups excluding carboxylic acids is 1. The van der Waals surface area contributed by atoms with Crippen molar-refractivity contribution in [2.24, 2.45) is 0 Å². The molecule has 2 N–H and O–H groups in total. The summed E-state index contributed by atoms with van der Waals surface area (Å²) in [5, 5.41) is 5.31. The molecular formula is C29H31F3N8O. The van der Waals surface area contributed by atoms with Gasteiger partial charge in [-0.25, -0.2) is 4.98 Å². The van der Waals surface area contributed by atoms with Crippen molar-refractivity contribution in [2.75, 3.05) is 52.6 Å². The second kappa shape index (κ2) is 13.4. The largest absolute Gasteiger partial charge is 0.416 e. The van der Waals surface area contributed by atoms with E-state index in [4.69, 9.17) is 0 Å². The molecule has 1 amide bonds. The van der Waals surface area contributed by atoms with Crippen LogP contribution in [0.25, 0.3) is 5.65 Å². The first-order chi connectivity index (χ1) is 19.7. The molecule has 0 saturated carbocycles. The zero-order chi connectivity index (χ0) is 29.4. The third-order valence-electron chi connectivity index (χ3n) is 6.32. The first kappa shape index (κ1) is 29.7. The SMILES string of the molecule is CN1CCN(Cc2ccc(NC(=O)c3cncc(C#Cc4cnc5cnccn45)c3)cc2C(F)(F)F)CC1.CNC. The van der Waals surface area contributed by atoms with Crippen LogP contribution in [0.4, 0.5) is 18.9 Å². The molecule has 0 spiro atoms. The van der Waals surface area contributed by atoms with Gasteiger partial charge < -0.3 is 15.5 Å². The number of alkyl halides is 3. The van der Waals surface area contributed by atoms with Gasteiger partial charge in [-0.15, -0.1) is 0 Å². The minimum absolute atomic E-state index is 0.0558. The highest BCUT2D eigenvalue weighted by Gasteiger charge is 2.34. The molecule has 1 aliphatic rings. The Morgan fingerprint density at radius 3 is 2.49 bits per heavy atom. The van der Waals surface area contributed by atoms with E-state index in [2.05, 4.69) is 42.3 Å². The van der Waals surface area contributed by atoms with Crippen molar-refractivity contribution in [3.8, 4) is 11.8 Å². The summed E-state index contributed by atoms with van der Waals surface area (Å²) in [6.45, 7) is 3.22. The molecule has 3 aromatic heterocycles. The monoisotopic (exact) mass is 564 g/mol. The minimum atomic E-state index is -4.55. The number of hydrogen-bond donors (Lipinski definition) is 2. The van der Waals surface area contributed by atoms with Gasteiger partial charge >= 0.3 is 6.18 Å². The van der Waals surface area contributed by atoms with E-state index in [0.29, 0.717) is 30.0 Å². The molecule has 1 fully saturated rings. The zero-order valence-corrected chi connectivity index (χ0v) is 23.0. The van der Waals surface area contributed by atoms with Gasteiger partial charge in [-0.1, -0.05) is 12.0 Å². The lowest BCUT2D eigenvalue weighted by Gasteiger charge is -2.33. The van der Waals surface area contributed by atoms with Gasteiger partial charge in [0.2, 0.25) is 0 Å².